The summed E-state index contributed by atoms with van der Waals surface area (Å²) in [5, 5.41) is 3.20. The topological polar surface area (TPSA) is 43.4 Å². The minimum absolute atomic E-state index is 0.647. The second kappa shape index (κ2) is 7.20. The van der Waals surface area contributed by atoms with Crippen LogP contribution in [0.25, 0.3) is 0 Å². The zero-order chi connectivity index (χ0) is 10.9. The fourth-order valence-corrected chi connectivity index (χ4v) is 1.08. The molecule has 15 heavy (non-hydrogen) atoms. The van der Waals surface area contributed by atoms with Crippen LogP contribution >= 0.6 is 0 Å². The summed E-state index contributed by atoms with van der Waals surface area (Å²) < 4.78 is 10.4. The SMILES string of the molecule is COCCNCCOc1ccc(C)nc1. The van der Waals surface area contributed by atoms with E-state index in [1.54, 1.807) is 13.3 Å². The smallest absolute Gasteiger partial charge is 0.137 e. The van der Waals surface area contributed by atoms with Crippen LogP contribution in [0, 0.1) is 6.92 Å². The molecule has 1 aromatic heterocycles. The van der Waals surface area contributed by atoms with Gasteiger partial charge in [-0.2, -0.15) is 0 Å². The summed E-state index contributed by atoms with van der Waals surface area (Å²) in [5.41, 5.74) is 1.00. The van der Waals surface area contributed by atoms with E-state index in [-0.39, 0.29) is 0 Å². The van der Waals surface area contributed by atoms with Crippen LogP contribution in [-0.2, 0) is 4.74 Å². The number of aryl methyl sites for hydroxylation is 1. The van der Waals surface area contributed by atoms with Gasteiger partial charge in [-0.25, -0.2) is 0 Å². The molecule has 4 heteroatoms. The highest BCUT2D eigenvalue weighted by molar-refractivity contribution is 5.18. The van der Waals surface area contributed by atoms with E-state index in [1.165, 1.54) is 0 Å². The van der Waals surface area contributed by atoms with Gasteiger partial charge >= 0.3 is 0 Å². The molecule has 0 atom stereocenters. The maximum atomic E-state index is 5.48. The Morgan fingerprint density at radius 1 is 1.27 bits per heavy atom. The molecule has 1 rings (SSSR count). The maximum Gasteiger partial charge on any atom is 0.137 e. The number of aromatic nitrogens is 1. The van der Waals surface area contributed by atoms with Crippen molar-refractivity contribution in [3.8, 4) is 5.75 Å². The average Bonchev–Trinajstić information content (AvgIpc) is 2.26. The van der Waals surface area contributed by atoms with E-state index in [0.717, 1.165) is 31.1 Å². The van der Waals surface area contributed by atoms with Crippen LogP contribution < -0.4 is 10.1 Å². The molecule has 0 amide bonds. The van der Waals surface area contributed by atoms with E-state index >= 15 is 0 Å². The fourth-order valence-electron chi connectivity index (χ4n) is 1.08. The van der Waals surface area contributed by atoms with E-state index in [0.29, 0.717) is 6.61 Å². The molecule has 0 radical (unpaired) electrons. The van der Waals surface area contributed by atoms with E-state index in [2.05, 4.69) is 10.3 Å². The van der Waals surface area contributed by atoms with Gasteiger partial charge in [0.05, 0.1) is 12.8 Å². The van der Waals surface area contributed by atoms with E-state index in [1.807, 2.05) is 19.1 Å². The van der Waals surface area contributed by atoms with Crippen molar-refractivity contribution in [1.29, 1.82) is 0 Å². The Hall–Kier alpha value is -1.13. The van der Waals surface area contributed by atoms with Gasteiger partial charge in [0, 0.05) is 25.9 Å². The number of nitrogens with zero attached hydrogens (tertiary/aromatic N) is 1. The number of ether oxygens (including phenoxy) is 2. The summed E-state index contributed by atoms with van der Waals surface area (Å²) in [6.07, 6.45) is 1.74. The van der Waals surface area contributed by atoms with Crippen molar-refractivity contribution in [2.24, 2.45) is 0 Å². The lowest BCUT2D eigenvalue weighted by Crippen LogP contribution is -2.24. The van der Waals surface area contributed by atoms with E-state index < -0.39 is 0 Å². The Kier molecular flexibility index (Phi) is 5.73. The number of hydrogen-bond acceptors (Lipinski definition) is 4. The third-order valence-electron chi connectivity index (χ3n) is 1.91. The number of nitrogens with one attached hydrogen (secondary N) is 1. The molecular weight excluding hydrogens is 192 g/mol. The molecule has 1 aromatic rings. The van der Waals surface area contributed by atoms with Gasteiger partial charge in [0.15, 0.2) is 0 Å². The zero-order valence-electron chi connectivity index (χ0n) is 9.32. The van der Waals surface area contributed by atoms with Crippen molar-refractivity contribution in [3.63, 3.8) is 0 Å². The predicted molar refractivity (Wildman–Crippen MR) is 59.2 cm³/mol. The molecule has 4 nitrogen and oxygen atoms in total. The van der Waals surface area contributed by atoms with Crippen molar-refractivity contribution in [2.45, 2.75) is 6.92 Å². The summed E-state index contributed by atoms with van der Waals surface area (Å²) >= 11 is 0. The van der Waals surface area contributed by atoms with Gasteiger partial charge in [0.2, 0.25) is 0 Å². The standard InChI is InChI=1S/C11H18N2O2/c1-10-3-4-11(9-13-10)15-8-6-12-5-7-14-2/h3-4,9,12H,5-8H2,1-2H3. The molecule has 0 saturated carbocycles. The molecule has 0 aromatic carbocycles. The van der Waals surface area contributed by atoms with Crippen molar-refractivity contribution in [2.75, 3.05) is 33.4 Å². The Balaban J connectivity index is 2.07. The van der Waals surface area contributed by atoms with Gasteiger partial charge in [0.25, 0.3) is 0 Å². The number of rotatable bonds is 7. The number of methoxy groups -OCH3 is 1. The molecule has 1 heterocycles. The highest BCUT2D eigenvalue weighted by Gasteiger charge is 1.93. The van der Waals surface area contributed by atoms with Crippen LogP contribution in [0.4, 0.5) is 0 Å². The number of pyridine rings is 1. The molecule has 0 fully saturated rings. The first-order valence-corrected chi connectivity index (χ1v) is 5.08. The molecule has 0 unspecified atom stereocenters. The predicted octanol–water partition coefficient (Wildman–Crippen LogP) is 1.00. The van der Waals surface area contributed by atoms with Gasteiger partial charge in [-0.05, 0) is 19.1 Å². The van der Waals surface area contributed by atoms with Crippen molar-refractivity contribution in [3.05, 3.63) is 24.0 Å². The summed E-state index contributed by atoms with van der Waals surface area (Å²) in [7, 11) is 1.69. The Morgan fingerprint density at radius 2 is 2.07 bits per heavy atom. The Labute approximate surface area is 90.6 Å². The summed E-state index contributed by atoms with van der Waals surface area (Å²) in [4.78, 5) is 4.14. The lowest BCUT2D eigenvalue weighted by atomic mass is 10.4. The summed E-state index contributed by atoms with van der Waals surface area (Å²) in [6.45, 7) is 5.00. The van der Waals surface area contributed by atoms with Gasteiger partial charge in [0.1, 0.15) is 12.4 Å². The molecule has 0 aliphatic heterocycles. The molecule has 0 aliphatic rings. The van der Waals surface area contributed by atoms with E-state index in [4.69, 9.17) is 9.47 Å². The van der Waals surface area contributed by atoms with Crippen LogP contribution in [0.5, 0.6) is 5.75 Å². The minimum atomic E-state index is 0.647. The van der Waals surface area contributed by atoms with Crippen molar-refractivity contribution < 1.29 is 9.47 Å². The van der Waals surface area contributed by atoms with Crippen LogP contribution in [0.1, 0.15) is 5.69 Å². The maximum absolute atomic E-state index is 5.48. The van der Waals surface area contributed by atoms with Gasteiger partial charge in [-0.1, -0.05) is 0 Å². The van der Waals surface area contributed by atoms with Crippen LogP contribution in [0.2, 0.25) is 0 Å². The van der Waals surface area contributed by atoms with Gasteiger partial charge < -0.3 is 14.8 Å². The van der Waals surface area contributed by atoms with Crippen LogP contribution in [0.3, 0.4) is 0 Å². The average molecular weight is 210 g/mol. The molecule has 0 spiro atoms. The fraction of sp³-hybridized carbons (Fsp3) is 0.545. The second-order valence-electron chi connectivity index (χ2n) is 3.23. The molecule has 1 N–H and O–H groups in total. The monoisotopic (exact) mass is 210 g/mol. The lowest BCUT2D eigenvalue weighted by Gasteiger charge is -2.06. The molecule has 0 saturated heterocycles. The highest BCUT2D eigenvalue weighted by atomic mass is 16.5. The number of hydrogen-bond donors (Lipinski definition) is 1. The zero-order valence-corrected chi connectivity index (χ0v) is 9.32. The summed E-state index contributed by atoms with van der Waals surface area (Å²) in [6, 6.07) is 3.87. The third-order valence-corrected chi connectivity index (χ3v) is 1.91. The molecule has 84 valence electrons. The normalized spacial score (nSPS) is 10.3. The van der Waals surface area contributed by atoms with E-state index in [9.17, 15) is 0 Å². The highest BCUT2D eigenvalue weighted by Crippen LogP contribution is 2.07. The lowest BCUT2D eigenvalue weighted by molar-refractivity contribution is 0.196. The molecular formula is C11H18N2O2. The quantitative estimate of drug-likeness (QED) is 0.682. The van der Waals surface area contributed by atoms with Crippen molar-refractivity contribution >= 4 is 0 Å². The van der Waals surface area contributed by atoms with Crippen LogP contribution in [0.15, 0.2) is 18.3 Å². The summed E-state index contributed by atoms with van der Waals surface area (Å²) in [5.74, 6) is 0.814. The molecule has 0 aliphatic carbocycles. The van der Waals surface area contributed by atoms with Gasteiger partial charge in [-0.3, -0.25) is 4.98 Å². The molecule has 0 bridgehead atoms. The minimum Gasteiger partial charge on any atom is -0.491 e. The first kappa shape index (κ1) is 11.9. The Morgan fingerprint density at radius 3 is 2.73 bits per heavy atom. The largest absolute Gasteiger partial charge is 0.491 e. The first-order chi connectivity index (χ1) is 7.33. The Bertz CT molecular complexity index is 262. The van der Waals surface area contributed by atoms with Crippen molar-refractivity contribution in [1.82, 2.24) is 10.3 Å². The second-order valence-corrected chi connectivity index (χ2v) is 3.23. The van der Waals surface area contributed by atoms with Crippen LogP contribution in [-0.4, -0.2) is 38.4 Å². The first-order valence-electron chi connectivity index (χ1n) is 5.08. The third kappa shape index (κ3) is 5.34. The van der Waals surface area contributed by atoms with Gasteiger partial charge in [-0.15, -0.1) is 0 Å².